The molecule has 1 saturated heterocycles. The van der Waals surface area contributed by atoms with E-state index in [4.69, 9.17) is 0 Å². The van der Waals surface area contributed by atoms with Crippen molar-refractivity contribution in [1.29, 1.82) is 0 Å². The number of benzene rings is 1. The normalized spacial score (nSPS) is 20.0. The highest BCUT2D eigenvalue weighted by Gasteiger charge is 2.51. The standard InChI is InChI=1S/C19H25N3O3/c1-14(15-8-3-2-4-9-15)20-16(23)10-7-13-22-17(24)19(21-18(22)25)11-5-6-12-19/h2-4,8-9,14H,5-7,10-13H2,1H3,(H,20,23)(H,21,25). The topological polar surface area (TPSA) is 78.5 Å². The van der Waals surface area contributed by atoms with Crippen molar-refractivity contribution in [3.8, 4) is 0 Å². The molecule has 134 valence electrons. The lowest BCUT2D eigenvalue weighted by molar-refractivity contribution is -0.131. The number of amides is 4. The van der Waals surface area contributed by atoms with Crippen LogP contribution in [0.25, 0.3) is 0 Å². The molecule has 6 heteroatoms. The summed E-state index contributed by atoms with van der Waals surface area (Å²) in [7, 11) is 0. The maximum atomic E-state index is 12.5. The minimum atomic E-state index is -0.666. The van der Waals surface area contributed by atoms with Crippen LogP contribution in [0, 0.1) is 0 Å². The highest BCUT2D eigenvalue weighted by atomic mass is 16.2. The zero-order chi connectivity index (χ0) is 17.9. The highest BCUT2D eigenvalue weighted by Crippen LogP contribution is 2.35. The van der Waals surface area contributed by atoms with Crippen LogP contribution in [0.4, 0.5) is 4.79 Å². The lowest BCUT2D eigenvalue weighted by Gasteiger charge is -2.20. The Labute approximate surface area is 148 Å². The number of carbonyl (C=O) groups is 3. The van der Waals surface area contributed by atoms with E-state index in [0.717, 1.165) is 31.2 Å². The van der Waals surface area contributed by atoms with Crippen molar-refractivity contribution in [2.45, 2.75) is 57.0 Å². The molecule has 1 unspecified atom stereocenters. The van der Waals surface area contributed by atoms with Crippen molar-refractivity contribution in [3.05, 3.63) is 35.9 Å². The van der Waals surface area contributed by atoms with Gasteiger partial charge in [-0.15, -0.1) is 0 Å². The lowest BCUT2D eigenvalue weighted by atomic mass is 9.98. The molecule has 1 aromatic carbocycles. The van der Waals surface area contributed by atoms with Gasteiger partial charge in [0, 0.05) is 13.0 Å². The van der Waals surface area contributed by atoms with E-state index in [-0.39, 0.29) is 23.9 Å². The zero-order valence-electron chi connectivity index (χ0n) is 14.6. The molecule has 1 spiro atoms. The smallest absolute Gasteiger partial charge is 0.325 e. The van der Waals surface area contributed by atoms with Crippen LogP contribution in [0.3, 0.4) is 0 Å². The van der Waals surface area contributed by atoms with Crippen LogP contribution in [0.2, 0.25) is 0 Å². The number of rotatable bonds is 6. The van der Waals surface area contributed by atoms with Gasteiger partial charge in [-0.1, -0.05) is 43.2 Å². The third-order valence-corrected chi connectivity index (χ3v) is 5.17. The van der Waals surface area contributed by atoms with Gasteiger partial charge in [0.25, 0.3) is 5.91 Å². The van der Waals surface area contributed by atoms with Crippen molar-refractivity contribution in [1.82, 2.24) is 15.5 Å². The van der Waals surface area contributed by atoms with E-state index < -0.39 is 5.54 Å². The first-order chi connectivity index (χ1) is 12.0. The zero-order valence-corrected chi connectivity index (χ0v) is 14.6. The summed E-state index contributed by atoms with van der Waals surface area (Å²) < 4.78 is 0. The Kier molecular flexibility index (Phi) is 5.06. The third-order valence-electron chi connectivity index (χ3n) is 5.17. The van der Waals surface area contributed by atoms with Crippen LogP contribution >= 0.6 is 0 Å². The molecular weight excluding hydrogens is 318 g/mol. The third kappa shape index (κ3) is 3.67. The van der Waals surface area contributed by atoms with Crippen molar-refractivity contribution in [2.24, 2.45) is 0 Å². The largest absolute Gasteiger partial charge is 0.350 e. The van der Waals surface area contributed by atoms with Gasteiger partial charge in [0.05, 0.1) is 6.04 Å². The number of hydrogen-bond acceptors (Lipinski definition) is 3. The van der Waals surface area contributed by atoms with Crippen molar-refractivity contribution < 1.29 is 14.4 Å². The second kappa shape index (κ2) is 7.25. The number of hydrogen-bond donors (Lipinski definition) is 2. The Morgan fingerprint density at radius 1 is 1.24 bits per heavy atom. The van der Waals surface area contributed by atoms with E-state index in [1.165, 1.54) is 4.90 Å². The minimum Gasteiger partial charge on any atom is -0.350 e. The van der Waals surface area contributed by atoms with Gasteiger partial charge in [0.2, 0.25) is 5.91 Å². The van der Waals surface area contributed by atoms with E-state index >= 15 is 0 Å². The molecule has 1 aliphatic heterocycles. The molecule has 0 radical (unpaired) electrons. The molecule has 25 heavy (non-hydrogen) atoms. The predicted molar refractivity (Wildman–Crippen MR) is 93.7 cm³/mol. The molecule has 2 aliphatic rings. The van der Waals surface area contributed by atoms with Gasteiger partial charge in [-0.05, 0) is 31.7 Å². The Bertz CT molecular complexity index is 653. The van der Waals surface area contributed by atoms with Crippen LogP contribution < -0.4 is 10.6 Å². The average molecular weight is 343 g/mol. The summed E-state index contributed by atoms with van der Waals surface area (Å²) in [6, 6.07) is 9.38. The molecule has 0 aromatic heterocycles. The summed E-state index contributed by atoms with van der Waals surface area (Å²) in [5, 5.41) is 5.81. The summed E-state index contributed by atoms with van der Waals surface area (Å²) in [5.41, 5.74) is 0.384. The molecule has 2 fully saturated rings. The fraction of sp³-hybridized carbons (Fsp3) is 0.526. The first kappa shape index (κ1) is 17.5. The van der Waals surface area contributed by atoms with Crippen LogP contribution in [-0.2, 0) is 9.59 Å². The molecule has 2 N–H and O–H groups in total. The SMILES string of the molecule is CC(NC(=O)CCCN1C(=O)NC2(CCCC2)C1=O)c1ccccc1. The molecule has 1 aliphatic carbocycles. The van der Waals surface area contributed by atoms with Crippen LogP contribution in [0.1, 0.15) is 57.1 Å². The highest BCUT2D eigenvalue weighted by molar-refractivity contribution is 6.07. The van der Waals surface area contributed by atoms with Crippen molar-refractivity contribution >= 4 is 17.8 Å². The average Bonchev–Trinajstić information content (AvgIpc) is 3.16. The first-order valence-electron chi connectivity index (χ1n) is 9.00. The van der Waals surface area contributed by atoms with Gasteiger partial charge in [0.1, 0.15) is 5.54 Å². The molecule has 1 saturated carbocycles. The summed E-state index contributed by atoms with van der Waals surface area (Å²) in [6.45, 7) is 2.23. The predicted octanol–water partition coefficient (Wildman–Crippen LogP) is 2.51. The summed E-state index contributed by atoms with van der Waals surface area (Å²) in [5.74, 6) is -0.188. The van der Waals surface area contributed by atoms with E-state index in [2.05, 4.69) is 10.6 Å². The quantitative estimate of drug-likeness (QED) is 0.779. The summed E-state index contributed by atoms with van der Waals surface area (Å²) in [4.78, 5) is 38.0. The van der Waals surface area contributed by atoms with Gasteiger partial charge >= 0.3 is 6.03 Å². The first-order valence-corrected chi connectivity index (χ1v) is 9.00. The Balaban J connectivity index is 1.45. The second-order valence-electron chi connectivity index (χ2n) is 6.98. The molecule has 1 aromatic rings. The molecule has 3 rings (SSSR count). The van der Waals surface area contributed by atoms with Crippen molar-refractivity contribution in [2.75, 3.05) is 6.54 Å². The number of carbonyl (C=O) groups excluding carboxylic acids is 3. The number of nitrogens with one attached hydrogen (secondary N) is 2. The summed E-state index contributed by atoms with van der Waals surface area (Å²) in [6.07, 6.45) is 4.16. The van der Waals surface area contributed by atoms with Gasteiger partial charge in [0.15, 0.2) is 0 Å². The van der Waals surface area contributed by atoms with E-state index in [1.54, 1.807) is 0 Å². The van der Waals surface area contributed by atoms with Crippen LogP contribution in [0.5, 0.6) is 0 Å². The van der Waals surface area contributed by atoms with Crippen molar-refractivity contribution in [3.63, 3.8) is 0 Å². The van der Waals surface area contributed by atoms with Crippen LogP contribution in [0.15, 0.2) is 30.3 Å². The molecule has 4 amide bonds. The second-order valence-corrected chi connectivity index (χ2v) is 6.98. The van der Waals surface area contributed by atoms with Gasteiger partial charge < -0.3 is 10.6 Å². The molecule has 1 heterocycles. The molecular formula is C19H25N3O3. The Morgan fingerprint density at radius 3 is 2.60 bits per heavy atom. The Hall–Kier alpha value is -2.37. The maximum absolute atomic E-state index is 12.5. The number of urea groups is 1. The molecule has 0 bridgehead atoms. The molecule has 1 atom stereocenters. The summed E-state index contributed by atoms with van der Waals surface area (Å²) >= 11 is 0. The number of nitrogens with zero attached hydrogens (tertiary/aromatic N) is 1. The fourth-order valence-electron chi connectivity index (χ4n) is 3.73. The minimum absolute atomic E-state index is 0.0628. The van der Waals surface area contributed by atoms with Crippen LogP contribution in [-0.4, -0.2) is 34.8 Å². The van der Waals surface area contributed by atoms with E-state index in [9.17, 15) is 14.4 Å². The van der Waals surface area contributed by atoms with Gasteiger partial charge in [-0.2, -0.15) is 0 Å². The Morgan fingerprint density at radius 2 is 1.92 bits per heavy atom. The lowest BCUT2D eigenvalue weighted by Crippen LogP contribution is -2.44. The monoisotopic (exact) mass is 343 g/mol. The number of imide groups is 1. The fourth-order valence-corrected chi connectivity index (χ4v) is 3.73. The van der Waals surface area contributed by atoms with E-state index in [1.807, 2.05) is 37.3 Å². The van der Waals surface area contributed by atoms with Gasteiger partial charge in [-0.25, -0.2) is 4.79 Å². The maximum Gasteiger partial charge on any atom is 0.325 e. The molecule has 6 nitrogen and oxygen atoms in total. The van der Waals surface area contributed by atoms with E-state index in [0.29, 0.717) is 19.4 Å². The van der Waals surface area contributed by atoms with Gasteiger partial charge in [-0.3, -0.25) is 14.5 Å².